The molecule has 2 aromatic heterocycles. The van der Waals surface area contributed by atoms with Gasteiger partial charge in [-0.2, -0.15) is 5.10 Å². The van der Waals surface area contributed by atoms with Gasteiger partial charge in [0.2, 0.25) is 0 Å². The first-order valence-electron chi connectivity index (χ1n) is 6.60. The quantitative estimate of drug-likeness (QED) is 0.854. The van der Waals surface area contributed by atoms with E-state index in [-0.39, 0.29) is 5.91 Å². The van der Waals surface area contributed by atoms with Crippen LogP contribution in [0, 0.1) is 6.92 Å². The van der Waals surface area contributed by atoms with E-state index in [1.54, 1.807) is 24.0 Å². The molecule has 2 aromatic rings. The second-order valence-electron chi connectivity index (χ2n) is 4.49. The zero-order valence-electron chi connectivity index (χ0n) is 12.0. The maximum absolute atomic E-state index is 11.5. The van der Waals surface area contributed by atoms with E-state index in [4.69, 9.17) is 0 Å². The SMILES string of the molecule is CCNCc1cnc(-n2ccc(C(=O)NC)n2)c(C)c1. The van der Waals surface area contributed by atoms with Crippen molar-refractivity contribution in [2.24, 2.45) is 0 Å². The molecule has 0 aliphatic heterocycles. The molecule has 2 rings (SSSR count). The summed E-state index contributed by atoms with van der Waals surface area (Å²) in [5, 5.41) is 10.0. The molecule has 106 valence electrons. The number of pyridine rings is 1. The Balaban J connectivity index is 2.24. The summed E-state index contributed by atoms with van der Waals surface area (Å²) in [6.07, 6.45) is 3.57. The molecule has 0 saturated carbocycles. The second kappa shape index (κ2) is 6.29. The van der Waals surface area contributed by atoms with E-state index < -0.39 is 0 Å². The molecule has 0 bridgehead atoms. The Morgan fingerprint density at radius 2 is 2.25 bits per heavy atom. The van der Waals surface area contributed by atoms with Crippen molar-refractivity contribution >= 4 is 5.91 Å². The van der Waals surface area contributed by atoms with Crippen LogP contribution in [0.3, 0.4) is 0 Å². The lowest BCUT2D eigenvalue weighted by Crippen LogP contribution is -2.18. The van der Waals surface area contributed by atoms with Gasteiger partial charge in [-0.05, 0) is 36.7 Å². The molecule has 2 N–H and O–H groups in total. The van der Waals surface area contributed by atoms with Gasteiger partial charge in [0.05, 0.1) is 0 Å². The molecule has 0 saturated heterocycles. The highest BCUT2D eigenvalue weighted by Crippen LogP contribution is 2.12. The minimum Gasteiger partial charge on any atom is -0.354 e. The molecular formula is C14H19N5O. The normalized spacial score (nSPS) is 10.6. The van der Waals surface area contributed by atoms with Gasteiger partial charge in [0.1, 0.15) is 0 Å². The van der Waals surface area contributed by atoms with Crippen LogP contribution in [0.2, 0.25) is 0 Å². The molecular weight excluding hydrogens is 254 g/mol. The third kappa shape index (κ3) is 3.03. The van der Waals surface area contributed by atoms with Crippen LogP contribution in [0.15, 0.2) is 24.5 Å². The van der Waals surface area contributed by atoms with Crippen molar-refractivity contribution in [1.82, 2.24) is 25.4 Å². The maximum atomic E-state index is 11.5. The Morgan fingerprint density at radius 3 is 2.90 bits per heavy atom. The Labute approximate surface area is 118 Å². The fourth-order valence-corrected chi connectivity index (χ4v) is 1.92. The number of nitrogens with zero attached hydrogens (tertiary/aromatic N) is 3. The van der Waals surface area contributed by atoms with Crippen LogP contribution in [0.1, 0.15) is 28.5 Å². The maximum Gasteiger partial charge on any atom is 0.271 e. The van der Waals surface area contributed by atoms with Crippen LogP contribution >= 0.6 is 0 Å². The molecule has 0 radical (unpaired) electrons. The van der Waals surface area contributed by atoms with Crippen molar-refractivity contribution in [3.05, 3.63) is 41.3 Å². The Morgan fingerprint density at radius 1 is 1.45 bits per heavy atom. The van der Waals surface area contributed by atoms with E-state index in [9.17, 15) is 4.79 Å². The van der Waals surface area contributed by atoms with Crippen LogP contribution in [0.4, 0.5) is 0 Å². The second-order valence-corrected chi connectivity index (χ2v) is 4.49. The number of carbonyl (C=O) groups excluding carboxylic acids is 1. The van der Waals surface area contributed by atoms with Crippen molar-refractivity contribution in [2.75, 3.05) is 13.6 Å². The van der Waals surface area contributed by atoms with Crippen LogP contribution in [-0.4, -0.2) is 34.3 Å². The zero-order valence-corrected chi connectivity index (χ0v) is 12.0. The molecule has 0 spiro atoms. The Hall–Kier alpha value is -2.21. The van der Waals surface area contributed by atoms with Crippen molar-refractivity contribution in [3.8, 4) is 5.82 Å². The van der Waals surface area contributed by atoms with Gasteiger partial charge < -0.3 is 10.6 Å². The standard InChI is InChI=1S/C14H19N5O/c1-4-16-8-11-7-10(2)13(17-9-11)19-6-5-12(18-19)14(20)15-3/h5-7,9,16H,4,8H2,1-3H3,(H,15,20). The first-order chi connectivity index (χ1) is 9.65. The lowest BCUT2D eigenvalue weighted by molar-refractivity contribution is 0.0957. The summed E-state index contributed by atoms with van der Waals surface area (Å²) in [5.41, 5.74) is 2.53. The van der Waals surface area contributed by atoms with Gasteiger partial charge in [0.25, 0.3) is 5.91 Å². The van der Waals surface area contributed by atoms with Gasteiger partial charge in [-0.25, -0.2) is 9.67 Å². The van der Waals surface area contributed by atoms with E-state index >= 15 is 0 Å². The minimum atomic E-state index is -0.204. The molecule has 0 aliphatic rings. The fraction of sp³-hybridized carbons (Fsp3) is 0.357. The number of hydrogen-bond donors (Lipinski definition) is 2. The summed E-state index contributed by atoms with van der Waals surface area (Å²) in [7, 11) is 1.58. The van der Waals surface area contributed by atoms with E-state index in [0.717, 1.165) is 30.0 Å². The predicted molar refractivity (Wildman–Crippen MR) is 76.9 cm³/mol. The number of nitrogens with one attached hydrogen (secondary N) is 2. The summed E-state index contributed by atoms with van der Waals surface area (Å²) in [6.45, 7) is 5.78. The summed E-state index contributed by atoms with van der Waals surface area (Å²) in [5.74, 6) is 0.533. The number of aromatic nitrogens is 3. The third-order valence-corrected chi connectivity index (χ3v) is 2.95. The molecule has 20 heavy (non-hydrogen) atoms. The third-order valence-electron chi connectivity index (χ3n) is 2.95. The number of carbonyl (C=O) groups is 1. The predicted octanol–water partition coefficient (Wildman–Crippen LogP) is 1.04. The average Bonchev–Trinajstić information content (AvgIpc) is 2.94. The Bertz CT molecular complexity index is 605. The highest BCUT2D eigenvalue weighted by molar-refractivity contribution is 5.91. The monoisotopic (exact) mass is 273 g/mol. The average molecular weight is 273 g/mol. The first kappa shape index (κ1) is 14.2. The lowest BCUT2D eigenvalue weighted by atomic mass is 10.2. The minimum absolute atomic E-state index is 0.204. The smallest absolute Gasteiger partial charge is 0.271 e. The molecule has 6 nitrogen and oxygen atoms in total. The first-order valence-corrected chi connectivity index (χ1v) is 6.60. The highest BCUT2D eigenvalue weighted by Gasteiger charge is 2.10. The summed E-state index contributed by atoms with van der Waals surface area (Å²) in [6, 6.07) is 3.75. The summed E-state index contributed by atoms with van der Waals surface area (Å²) < 4.78 is 1.62. The van der Waals surface area contributed by atoms with Gasteiger partial charge in [0.15, 0.2) is 11.5 Å². The van der Waals surface area contributed by atoms with E-state index in [2.05, 4.69) is 33.7 Å². The topological polar surface area (TPSA) is 71.8 Å². The highest BCUT2D eigenvalue weighted by atomic mass is 16.1. The molecule has 0 unspecified atom stereocenters. The fourth-order valence-electron chi connectivity index (χ4n) is 1.92. The van der Waals surface area contributed by atoms with Gasteiger partial charge >= 0.3 is 0 Å². The molecule has 6 heteroatoms. The Kier molecular flexibility index (Phi) is 4.47. The largest absolute Gasteiger partial charge is 0.354 e. The van der Waals surface area contributed by atoms with Crippen molar-refractivity contribution in [1.29, 1.82) is 0 Å². The van der Waals surface area contributed by atoms with Crippen LogP contribution in [-0.2, 0) is 6.54 Å². The summed E-state index contributed by atoms with van der Waals surface area (Å²) in [4.78, 5) is 15.9. The van der Waals surface area contributed by atoms with Gasteiger partial charge in [-0.15, -0.1) is 0 Å². The number of amides is 1. The van der Waals surface area contributed by atoms with Gasteiger partial charge in [0, 0.05) is 26.0 Å². The van der Waals surface area contributed by atoms with Gasteiger partial charge in [-0.1, -0.05) is 6.92 Å². The van der Waals surface area contributed by atoms with Crippen molar-refractivity contribution in [3.63, 3.8) is 0 Å². The number of rotatable bonds is 5. The van der Waals surface area contributed by atoms with Gasteiger partial charge in [-0.3, -0.25) is 4.79 Å². The van der Waals surface area contributed by atoms with Crippen molar-refractivity contribution in [2.45, 2.75) is 20.4 Å². The molecule has 1 amide bonds. The van der Waals surface area contributed by atoms with E-state index in [0.29, 0.717) is 5.69 Å². The summed E-state index contributed by atoms with van der Waals surface area (Å²) >= 11 is 0. The molecule has 0 aliphatic carbocycles. The van der Waals surface area contributed by atoms with Crippen molar-refractivity contribution < 1.29 is 4.79 Å². The van der Waals surface area contributed by atoms with Crippen LogP contribution < -0.4 is 10.6 Å². The molecule has 0 aromatic carbocycles. The number of aryl methyl sites for hydroxylation is 1. The van der Waals surface area contributed by atoms with Crippen LogP contribution in [0.5, 0.6) is 0 Å². The van der Waals surface area contributed by atoms with E-state index in [1.165, 1.54) is 0 Å². The number of hydrogen-bond acceptors (Lipinski definition) is 4. The molecule has 0 fully saturated rings. The van der Waals surface area contributed by atoms with E-state index in [1.807, 2.05) is 13.1 Å². The molecule has 2 heterocycles. The zero-order chi connectivity index (χ0) is 14.5. The molecule has 0 atom stereocenters. The van der Waals surface area contributed by atoms with Crippen LogP contribution in [0.25, 0.3) is 5.82 Å². The lowest BCUT2D eigenvalue weighted by Gasteiger charge is -2.08.